The summed E-state index contributed by atoms with van der Waals surface area (Å²) < 4.78 is 5.04. The highest BCUT2D eigenvalue weighted by Gasteiger charge is 2.27. The van der Waals surface area contributed by atoms with Crippen molar-refractivity contribution in [2.24, 2.45) is 5.92 Å². The minimum atomic E-state index is -1.05. The first-order valence-corrected chi connectivity index (χ1v) is 11.5. The lowest BCUT2D eigenvalue weighted by atomic mass is 10.1. The number of nitrogens with zero attached hydrogens (tertiary/aromatic N) is 1. The van der Waals surface area contributed by atoms with Crippen molar-refractivity contribution in [1.29, 1.82) is 0 Å². The van der Waals surface area contributed by atoms with Gasteiger partial charge < -0.3 is 14.7 Å². The molecule has 1 aliphatic heterocycles. The van der Waals surface area contributed by atoms with E-state index in [-0.39, 0.29) is 17.8 Å². The summed E-state index contributed by atoms with van der Waals surface area (Å²) in [5.41, 5.74) is 0.488. The lowest BCUT2D eigenvalue weighted by Gasteiger charge is -2.08. The van der Waals surface area contributed by atoms with Crippen molar-refractivity contribution < 1.29 is 24.2 Å². The molecule has 6 heteroatoms. The van der Waals surface area contributed by atoms with Gasteiger partial charge in [-0.25, -0.2) is 9.59 Å². The number of hydrogen-bond donors (Lipinski definition) is 1. The van der Waals surface area contributed by atoms with Crippen LogP contribution in [0.3, 0.4) is 0 Å². The van der Waals surface area contributed by atoms with Crippen molar-refractivity contribution in [2.45, 2.75) is 84.5 Å². The summed E-state index contributed by atoms with van der Waals surface area (Å²) in [6.45, 7) is 12.1. The maximum atomic E-state index is 11.4. The average Bonchev–Trinajstić information content (AvgIpc) is 3.10. The largest absolute Gasteiger partial charge is 0.478 e. The number of esters is 1. The smallest absolute Gasteiger partial charge is 0.333 e. The van der Waals surface area contributed by atoms with Crippen LogP contribution in [0.4, 0.5) is 0 Å². The van der Waals surface area contributed by atoms with E-state index in [0.29, 0.717) is 25.1 Å². The van der Waals surface area contributed by atoms with E-state index in [0.717, 1.165) is 12.5 Å². The van der Waals surface area contributed by atoms with Crippen LogP contribution in [0, 0.1) is 5.92 Å². The molecule has 1 heterocycles. The SMILES string of the molecule is C=C(C)C(=O)OCCCCCCCCCCCC.C=CC1CCN(C=CC(=O)O)C1=O. The highest BCUT2D eigenvalue weighted by Crippen LogP contribution is 2.18. The third kappa shape index (κ3) is 15.1. The normalized spacial score (nSPS) is 15.5. The Morgan fingerprint density at radius 1 is 1.10 bits per heavy atom. The van der Waals surface area contributed by atoms with Crippen LogP contribution in [-0.4, -0.2) is 41.0 Å². The van der Waals surface area contributed by atoms with Gasteiger partial charge in [-0.1, -0.05) is 77.4 Å². The second-order valence-corrected chi connectivity index (χ2v) is 7.91. The Labute approximate surface area is 188 Å². The zero-order valence-corrected chi connectivity index (χ0v) is 19.4. The van der Waals surface area contributed by atoms with E-state index < -0.39 is 5.97 Å². The molecule has 1 unspecified atom stereocenters. The second-order valence-electron chi connectivity index (χ2n) is 7.91. The Kier molecular flexibility index (Phi) is 17.0. The van der Waals surface area contributed by atoms with E-state index in [9.17, 15) is 14.4 Å². The Hall–Kier alpha value is -2.37. The van der Waals surface area contributed by atoms with Crippen LogP contribution in [0.1, 0.15) is 84.5 Å². The third-order valence-corrected chi connectivity index (χ3v) is 5.04. The predicted molar refractivity (Wildman–Crippen MR) is 124 cm³/mol. The molecule has 0 spiro atoms. The summed E-state index contributed by atoms with van der Waals surface area (Å²) in [7, 11) is 0. The highest BCUT2D eigenvalue weighted by atomic mass is 16.5. The Morgan fingerprint density at radius 3 is 2.10 bits per heavy atom. The van der Waals surface area contributed by atoms with Crippen molar-refractivity contribution in [3.63, 3.8) is 0 Å². The summed E-state index contributed by atoms with van der Waals surface area (Å²) in [5, 5.41) is 8.34. The van der Waals surface area contributed by atoms with E-state index in [1.54, 1.807) is 13.0 Å². The van der Waals surface area contributed by atoms with Crippen molar-refractivity contribution in [2.75, 3.05) is 13.2 Å². The fraction of sp³-hybridized carbons (Fsp3) is 0.640. The molecule has 1 saturated heterocycles. The predicted octanol–water partition coefficient (Wildman–Crippen LogP) is 5.65. The molecule has 1 atom stereocenters. The number of rotatable bonds is 15. The van der Waals surface area contributed by atoms with Crippen LogP contribution in [0.5, 0.6) is 0 Å². The van der Waals surface area contributed by atoms with E-state index in [1.165, 1.54) is 68.9 Å². The molecule has 1 amide bonds. The van der Waals surface area contributed by atoms with Gasteiger partial charge in [0.1, 0.15) is 0 Å². The van der Waals surface area contributed by atoms with Gasteiger partial charge in [-0.2, -0.15) is 0 Å². The molecule has 0 saturated carbocycles. The maximum absolute atomic E-state index is 11.4. The highest BCUT2D eigenvalue weighted by molar-refractivity contribution is 5.87. The molecule has 31 heavy (non-hydrogen) atoms. The minimum absolute atomic E-state index is 0.0764. The number of carboxylic acid groups (broad SMARTS) is 1. The molecule has 1 aliphatic rings. The molecule has 1 rings (SSSR count). The average molecular weight is 436 g/mol. The lowest BCUT2D eigenvalue weighted by Crippen LogP contribution is -2.21. The number of aliphatic carboxylic acids is 1. The second kappa shape index (κ2) is 18.4. The Balaban J connectivity index is 0.000000609. The number of unbranched alkanes of at least 4 members (excludes halogenated alkanes) is 9. The monoisotopic (exact) mass is 435 g/mol. The molecular weight excluding hydrogens is 394 g/mol. The minimum Gasteiger partial charge on any atom is -0.478 e. The first-order valence-electron chi connectivity index (χ1n) is 11.5. The Morgan fingerprint density at radius 2 is 1.65 bits per heavy atom. The molecular formula is C25H41NO5. The first-order chi connectivity index (χ1) is 14.8. The molecule has 1 N–H and O–H groups in total. The van der Waals surface area contributed by atoms with E-state index in [1.807, 2.05) is 0 Å². The topological polar surface area (TPSA) is 83.9 Å². The summed E-state index contributed by atoms with van der Waals surface area (Å²) in [6, 6.07) is 0. The molecule has 6 nitrogen and oxygen atoms in total. The summed E-state index contributed by atoms with van der Waals surface area (Å²) in [6.07, 6.45) is 17.5. The van der Waals surface area contributed by atoms with Gasteiger partial charge in [0, 0.05) is 24.4 Å². The molecule has 0 aromatic heterocycles. The van der Waals surface area contributed by atoms with Gasteiger partial charge in [-0.05, 0) is 19.8 Å². The fourth-order valence-electron chi connectivity index (χ4n) is 3.12. The standard InChI is InChI=1S/C16H30O2.C9H11NO3/c1-4-5-6-7-8-9-10-11-12-13-14-18-16(17)15(2)3;1-2-7-3-5-10(9(7)13)6-4-8(11)12/h2,4-14H2,1,3H3;2,4,6-7H,1,3,5H2,(H,11,12). The van der Waals surface area contributed by atoms with Crippen molar-refractivity contribution in [1.82, 2.24) is 4.90 Å². The molecule has 0 aromatic rings. The number of carboxylic acids is 1. The van der Waals surface area contributed by atoms with Crippen LogP contribution in [0.15, 0.2) is 37.1 Å². The van der Waals surface area contributed by atoms with E-state index in [4.69, 9.17) is 9.84 Å². The zero-order chi connectivity index (χ0) is 23.5. The van der Waals surface area contributed by atoms with Crippen LogP contribution in [0.2, 0.25) is 0 Å². The number of ether oxygens (including phenoxy) is 1. The van der Waals surface area contributed by atoms with E-state index in [2.05, 4.69) is 20.1 Å². The van der Waals surface area contributed by atoms with Gasteiger partial charge in [0.05, 0.1) is 12.5 Å². The van der Waals surface area contributed by atoms with Gasteiger partial charge in [0.15, 0.2) is 0 Å². The van der Waals surface area contributed by atoms with Gasteiger partial charge in [0.2, 0.25) is 5.91 Å². The summed E-state index contributed by atoms with van der Waals surface area (Å²) in [5.74, 6) is -1.54. The molecule has 0 aromatic carbocycles. The van der Waals surface area contributed by atoms with Crippen molar-refractivity contribution in [3.8, 4) is 0 Å². The number of carbonyl (C=O) groups excluding carboxylic acids is 2. The Bertz CT molecular complexity index is 597. The van der Waals surface area contributed by atoms with Gasteiger partial charge in [-0.3, -0.25) is 4.79 Å². The number of hydrogen-bond acceptors (Lipinski definition) is 4. The van der Waals surface area contributed by atoms with Crippen LogP contribution in [-0.2, 0) is 19.1 Å². The molecule has 176 valence electrons. The molecule has 0 bridgehead atoms. The van der Waals surface area contributed by atoms with Gasteiger partial charge >= 0.3 is 11.9 Å². The van der Waals surface area contributed by atoms with Crippen molar-refractivity contribution >= 4 is 17.8 Å². The quantitative estimate of drug-likeness (QED) is 0.156. The molecule has 0 radical (unpaired) electrons. The van der Waals surface area contributed by atoms with Crippen molar-refractivity contribution in [3.05, 3.63) is 37.1 Å². The maximum Gasteiger partial charge on any atom is 0.333 e. The van der Waals surface area contributed by atoms with Gasteiger partial charge in [-0.15, -0.1) is 6.58 Å². The zero-order valence-electron chi connectivity index (χ0n) is 19.4. The number of carbonyl (C=O) groups is 3. The number of amides is 1. The fourth-order valence-corrected chi connectivity index (χ4v) is 3.12. The molecule has 0 aliphatic carbocycles. The summed E-state index contributed by atoms with van der Waals surface area (Å²) in [4.78, 5) is 34.0. The first kappa shape index (κ1) is 28.6. The van der Waals surface area contributed by atoms with Gasteiger partial charge in [0.25, 0.3) is 0 Å². The van der Waals surface area contributed by atoms with E-state index >= 15 is 0 Å². The van der Waals surface area contributed by atoms with Crippen LogP contribution < -0.4 is 0 Å². The lowest BCUT2D eigenvalue weighted by molar-refractivity contribution is -0.139. The number of likely N-dealkylation sites (tertiary alicyclic amines) is 1. The summed E-state index contributed by atoms with van der Waals surface area (Å²) >= 11 is 0. The van der Waals surface area contributed by atoms with Crippen LogP contribution >= 0.6 is 0 Å². The molecule has 1 fully saturated rings. The van der Waals surface area contributed by atoms with Crippen LogP contribution in [0.25, 0.3) is 0 Å². The third-order valence-electron chi connectivity index (χ3n) is 5.04.